The minimum atomic E-state index is -2.12. The quantitative estimate of drug-likeness (QED) is 0.221. The Morgan fingerprint density at radius 2 is 1.66 bits per heavy atom. The second-order valence-corrected chi connectivity index (χ2v) is 8.71. The van der Waals surface area contributed by atoms with Gasteiger partial charge in [-0.15, -0.1) is 0 Å². The van der Waals surface area contributed by atoms with Crippen LogP contribution in [-0.4, -0.2) is 59.6 Å². The first kappa shape index (κ1) is 27.3. The molecule has 0 saturated carbocycles. The molecule has 1 aliphatic rings. The molecule has 1 unspecified atom stereocenters. The zero-order valence-corrected chi connectivity index (χ0v) is 20.2. The number of unbranched alkanes of at least 4 members (excludes halogenated alkanes) is 3. The second-order valence-electron chi connectivity index (χ2n) is 7.90. The third kappa shape index (κ3) is 7.27. The molecule has 0 aliphatic heterocycles. The summed E-state index contributed by atoms with van der Waals surface area (Å²) in [5.74, 6) is -2.12. The molecule has 0 heterocycles. The van der Waals surface area contributed by atoms with E-state index >= 15 is 0 Å². The van der Waals surface area contributed by atoms with Crippen molar-refractivity contribution in [1.29, 1.82) is 0 Å². The molecule has 0 amide bonds. The van der Waals surface area contributed by atoms with Crippen LogP contribution >= 0.6 is 23.2 Å². The summed E-state index contributed by atoms with van der Waals surface area (Å²) in [5, 5.41) is 35.1. The highest BCUT2D eigenvalue weighted by Crippen LogP contribution is 2.34. The number of hydrogen-bond donors (Lipinski definition) is 4. The topological polar surface area (TPSA) is 91.2 Å². The Balaban J connectivity index is 1.53. The van der Waals surface area contributed by atoms with Gasteiger partial charge >= 0.3 is 0 Å². The maximum absolute atomic E-state index is 10.4. The largest absolute Gasteiger partial charge is 0.394 e. The summed E-state index contributed by atoms with van der Waals surface area (Å²) < 4.78 is 11.2. The molecular weight excluding hydrogens is 453 g/mol. The number of nitrogens with one attached hydrogen (secondary N) is 1. The first-order valence-electron chi connectivity index (χ1n) is 11.2. The van der Waals surface area contributed by atoms with Gasteiger partial charge in [-0.1, -0.05) is 61.2 Å². The third-order valence-corrected chi connectivity index (χ3v) is 6.45. The number of rotatable bonds is 15. The summed E-state index contributed by atoms with van der Waals surface area (Å²) in [6.45, 7) is 4.13. The first-order chi connectivity index (χ1) is 15.4. The maximum atomic E-state index is 10.4. The van der Waals surface area contributed by atoms with E-state index in [-0.39, 0.29) is 6.61 Å². The van der Waals surface area contributed by atoms with Gasteiger partial charge in [-0.3, -0.25) is 0 Å². The van der Waals surface area contributed by atoms with Crippen LogP contribution in [0, 0.1) is 0 Å². The molecule has 0 aromatic heterocycles. The standard InChI is InChI=1S/C24H35Cl2NO5/c1-2-19-9-8-12-24(29,30)23(19,18-28)27-13-5-3-4-6-14-31-15-16-32-17-20-21(25)10-7-11-22(20)26/h7-12,27-30H,2-6,13-18H2,1H3. The summed E-state index contributed by atoms with van der Waals surface area (Å²) in [6.07, 6.45) is 9.15. The minimum absolute atomic E-state index is 0.359. The van der Waals surface area contributed by atoms with Crippen LogP contribution in [-0.2, 0) is 16.1 Å². The lowest BCUT2D eigenvalue weighted by Gasteiger charge is -2.45. The average Bonchev–Trinajstić information content (AvgIpc) is 2.76. The Morgan fingerprint density at radius 3 is 2.34 bits per heavy atom. The van der Waals surface area contributed by atoms with Gasteiger partial charge in [0.2, 0.25) is 5.79 Å². The van der Waals surface area contributed by atoms with Crippen LogP contribution < -0.4 is 5.32 Å². The molecule has 0 bridgehead atoms. The van der Waals surface area contributed by atoms with E-state index in [0.29, 0.717) is 49.4 Å². The van der Waals surface area contributed by atoms with E-state index in [4.69, 9.17) is 32.7 Å². The Hall–Kier alpha value is -0.960. The van der Waals surface area contributed by atoms with E-state index in [1.165, 1.54) is 6.08 Å². The van der Waals surface area contributed by atoms with Crippen LogP contribution in [0.1, 0.15) is 44.6 Å². The molecule has 6 nitrogen and oxygen atoms in total. The Kier molecular flexibility index (Phi) is 11.7. The zero-order valence-electron chi connectivity index (χ0n) is 18.7. The van der Waals surface area contributed by atoms with Crippen molar-refractivity contribution in [2.75, 3.05) is 33.0 Å². The van der Waals surface area contributed by atoms with Gasteiger partial charge in [-0.2, -0.15) is 0 Å². The smallest absolute Gasteiger partial charge is 0.208 e. The maximum Gasteiger partial charge on any atom is 0.208 e. The van der Waals surface area contributed by atoms with Crippen molar-refractivity contribution < 1.29 is 24.8 Å². The van der Waals surface area contributed by atoms with Gasteiger partial charge < -0.3 is 30.1 Å². The number of hydrogen-bond acceptors (Lipinski definition) is 6. The van der Waals surface area contributed by atoms with Crippen molar-refractivity contribution in [1.82, 2.24) is 5.32 Å². The van der Waals surface area contributed by atoms with Crippen molar-refractivity contribution in [3.63, 3.8) is 0 Å². The van der Waals surface area contributed by atoms with Crippen molar-refractivity contribution in [3.05, 3.63) is 57.6 Å². The number of allylic oxidation sites excluding steroid dienone is 2. The Labute approximate surface area is 200 Å². The molecule has 32 heavy (non-hydrogen) atoms. The van der Waals surface area contributed by atoms with Crippen LogP contribution in [0.4, 0.5) is 0 Å². The molecule has 1 aromatic carbocycles. The van der Waals surface area contributed by atoms with E-state index < -0.39 is 11.3 Å². The van der Waals surface area contributed by atoms with Crippen LogP contribution in [0.3, 0.4) is 0 Å². The lowest BCUT2D eigenvalue weighted by atomic mass is 9.77. The van der Waals surface area contributed by atoms with Crippen molar-refractivity contribution >= 4 is 23.2 Å². The molecule has 8 heteroatoms. The second kappa shape index (κ2) is 13.7. The van der Waals surface area contributed by atoms with E-state index in [0.717, 1.165) is 36.8 Å². The van der Waals surface area contributed by atoms with Crippen molar-refractivity contribution in [3.8, 4) is 0 Å². The monoisotopic (exact) mass is 487 g/mol. The lowest BCUT2D eigenvalue weighted by Crippen LogP contribution is -2.66. The van der Waals surface area contributed by atoms with Crippen LogP contribution in [0.2, 0.25) is 10.0 Å². The number of halogens is 2. The van der Waals surface area contributed by atoms with Gasteiger partial charge in [0.1, 0.15) is 5.54 Å². The van der Waals surface area contributed by atoms with Gasteiger partial charge in [0.15, 0.2) is 0 Å². The molecule has 4 N–H and O–H groups in total. The minimum Gasteiger partial charge on any atom is -0.394 e. The Bertz CT molecular complexity index is 749. The van der Waals surface area contributed by atoms with E-state index in [9.17, 15) is 15.3 Å². The molecule has 0 radical (unpaired) electrons. The van der Waals surface area contributed by atoms with Crippen LogP contribution in [0.5, 0.6) is 0 Å². The van der Waals surface area contributed by atoms with Gasteiger partial charge in [0.25, 0.3) is 0 Å². The summed E-state index contributed by atoms with van der Waals surface area (Å²) in [6, 6.07) is 5.38. The highest BCUT2D eigenvalue weighted by atomic mass is 35.5. The molecule has 0 saturated heterocycles. The first-order valence-corrected chi connectivity index (χ1v) is 11.9. The van der Waals surface area contributed by atoms with Gasteiger partial charge in [0.05, 0.1) is 26.4 Å². The number of aliphatic hydroxyl groups excluding tert-OH is 1. The molecule has 1 aromatic rings. The number of benzene rings is 1. The highest BCUT2D eigenvalue weighted by Gasteiger charge is 2.50. The predicted octanol–water partition coefficient (Wildman–Crippen LogP) is 3.99. The van der Waals surface area contributed by atoms with Crippen molar-refractivity contribution in [2.45, 2.75) is 57.0 Å². The van der Waals surface area contributed by atoms with Crippen LogP contribution in [0.25, 0.3) is 0 Å². The summed E-state index contributed by atoms with van der Waals surface area (Å²) >= 11 is 12.2. The third-order valence-electron chi connectivity index (χ3n) is 5.74. The van der Waals surface area contributed by atoms with Gasteiger partial charge in [-0.25, -0.2) is 0 Å². The fourth-order valence-corrected chi connectivity index (χ4v) is 4.31. The van der Waals surface area contributed by atoms with E-state index in [2.05, 4.69) is 5.32 Å². The molecule has 1 atom stereocenters. The summed E-state index contributed by atoms with van der Waals surface area (Å²) in [5.41, 5.74) is 0.311. The molecular formula is C24H35Cl2NO5. The molecule has 0 fully saturated rings. The summed E-state index contributed by atoms with van der Waals surface area (Å²) in [4.78, 5) is 0. The van der Waals surface area contributed by atoms with Crippen molar-refractivity contribution in [2.24, 2.45) is 0 Å². The molecule has 0 spiro atoms. The molecule has 2 rings (SSSR count). The predicted molar refractivity (Wildman–Crippen MR) is 128 cm³/mol. The normalized spacial score (nSPS) is 19.9. The zero-order chi connectivity index (χ0) is 23.5. The van der Waals surface area contributed by atoms with Gasteiger partial charge in [0, 0.05) is 22.2 Å². The summed E-state index contributed by atoms with van der Waals surface area (Å²) in [7, 11) is 0. The SMILES string of the molecule is CCC1=CC=CC(O)(O)C1(CO)NCCCCCCOCCOCc1c(Cl)cccc1Cl. The lowest BCUT2D eigenvalue weighted by molar-refractivity contribution is -0.181. The molecule has 180 valence electrons. The molecule has 1 aliphatic carbocycles. The van der Waals surface area contributed by atoms with E-state index in [1.807, 2.05) is 13.0 Å². The number of ether oxygens (including phenoxy) is 2. The highest BCUT2D eigenvalue weighted by molar-refractivity contribution is 6.35. The fourth-order valence-electron chi connectivity index (χ4n) is 3.81. The Morgan fingerprint density at radius 1 is 0.969 bits per heavy atom. The fraction of sp³-hybridized carbons (Fsp3) is 0.583. The average molecular weight is 488 g/mol. The van der Waals surface area contributed by atoms with E-state index in [1.54, 1.807) is 24.3 Å². The van der Waals surface area contributed by atoms with Crippen LogP contribution in [0.15, 0.2) is 42.0 Å². The number of aliphatic hydroxyl groups is 3. The van der Waals surface area contributed by atoms with Gasteiger partial charge in [-0.05, 0) is 49.6 Å².